The molecule has 3 N–H and O–H groups in total. The Morgan fingerprint density at radius 1 is 1.25 bits per heavy atom. The molecule has 1 rings (SSSR count). The molecule has 0 aromatic heterocycles. The lowest BCUT2D eigenvalue weighted by Gasteiger charge is -2.11. The second-order valence-electron chi connectivity index (χ2n) is 4.46. The first-order valence-corrected chi connectivity index (χ1v) is 7.04. The van der Waals surface area contributed by atoms with E-state index in [9.17, 15) is 0 Å². The Hall–Kier alpha value is -1.91. The zero-order chi connectivity index (χ0) is 14.8. The summed E-state index contributed by atoms with van der Waals surface area (Å²) in [4.78, 5) is 4.29. The van der Waals surface area contributed by atoms with Crippen LogP contribution in [0.4, 0.5) is 0 Å². The van der Waals surface area contributed by atoms with Crippen LogP contribution in [0.2, 0.25) is 0 Å². The van der Waals surface area contributed by atoms with E-state index in [-0.39, 0.29) is 0 Å². The van der Waals surface area contributed by atoms with Crippen molar-refractivity contribution < 1.29 is 9.47 Å². The van der Waals surface area contributed by atoms with Crippen molar-refractivity contribution in [3.8, 4) is 11.5 Å². The topological polar surface area (TPSA) is 68.9 Å². The van der Waals surface area contributed by atoms with Crippen molar-refractivity contribution in [1.29, 1.82) is 0 Å². The quantitative estimate of drug-likeness (QED) is 0.566. The minimum absolute atomic E-state index is 0.470. The lowest BCUT2D eigenvalue weighted by Crippen LogP contribution is -2.32. The molecule has 0 fully saturated rings. The minimum Gasteiger partial charge on any atom is -0.493 e. The number of benzene rings is 1. The van der Waals surface area contributed by atoms with Gasteiger partial charge in [-0.1, -0.05) is 19.9 Å². The van der Waals surface area contributed by atoms with Gasteiger partial charge in [0.05, 0.1) is 20.3 Å². The molecular weight excluding hydrogens is 254 g/mol. The van der Waals surface area contributed by atoms with Crippen LogP contribution in [0.15, 0.2) is 23.2 Å². The fourth-order valence-electron chi connectivity index (χ4n) is 1.63. The monoisotopic (exact) mass is 279 g/mol. The predicted octanol–water partition coefficient (Wildman–Crippen LogP) is 2.30. The van der Waals surface area contributed by atoms with Gasteiger partial charge in [-0.3, -0.25) is 0 Å². The van der Waals surface area contributed by atoms with Crippen molar-refractivity contribution in [2.24, 2.45) is 10.7 Å². The maximum absolute atomic E-state index is 5.76. The van der Waals surface area contributed by atoms with Crippen LogP contribution in [0, 0.1) is 0 Å². The number of nitrogens with zero attached hydrogens (tertiary/aromatic N) is 1. The van der Waals surface area contributed by atoms with Crippen molar-refractivity contribution >= 4 is 5.96 Å². The van der Waals surface area contributed by atoms with E-state index in [2.05, 4.69) is 24.2 Å². The Bertz CT molecular complexity index is 433. The van der Waals surface area contributed by atoms with Crippen LogP contribution in [0.5, 0.6) is 11.5 Å². The molecule has 0 aliphatic rings. The molecular formula is C15H25N3O2. The summed E-state index contributed by atoms with van der Waals surface area (Å²) in [7, 11) is 1.64. The summed E-state index contributed by atoms with van der Waals surface area (Å²) in [5.74, 6) is 1.96. The Labute approximate surface area is 121 Å². The molecule has 0 aliphatic heterocycles. The van der Waals surface area contributed by atoms with Crippen molar-refractivity contribution in [3.63, 3.8) is 0 Å². The molecule has 5 heteroatoms. The number of nitrogens with two attached hydrogens (primary N) is 1. The van der Waals surface area contributed by atoms with Crippen LogP contribution < -0.4 is 20.5 Å². The Morgan fingerprint density at radius 2 is 2.05 bits per heavy atom. The van der Waals surface area contributed by atoms with E-state index in [0.717, 1.165) is 36.4 Å². The fraction of sp³-hybridized carbons (Fsp3) is 0.533. The standard InChI is InChI=1S/C15H25N3O2/c1-4-8-17-15(16)18-11-12-6-7-13(20-9-5-2)14(10-12)19-3/h6-7,10H,4-5,8-9,11H2,1-3H3,(H3,16,17,18). The molecule has 0 heterocycles. The average molecular weight is 279 g/mol. The number of guanidine groups is 1. The maximum atomic E-state index is 5.76. The first-order chi connectivity index (χ1) is 9.71. The van der Waals surface area contributed by atoms with Crippen molar-refractivity contribution in [2.75, 3.05) is 20.3 Å². The summed E-state index contributed by atoms with van der Waals surface area (Å²) >= 11 is 0. The van der Waals surface area contributed by atoms with Crippen LogP contribution in [0.25, 0.3) is 0 Å². The van der Waals surface area contributed by atoms with Gasteiger partial charge in [0.1, 0.15) is 0 Å². The van der Waals surface area contributed by atoms with Gasteiger partial charge in [0.2, 0.25) is 0 Å². The van der Waals surface area contributed by atoms with E-state index in [4.69, 9.17) is 15.2 Å². The molecule has 1 aromatic rings. The molecule has 0 bridgehead atoms. The maximum Gasteiger partial charge on any atom is 0.188 e. The Kier molecular flexibility index (Phi) is 7.32. The molecule has 0 atom stereocenters. The summed E-state index contributed by atoms with van der Waals surface area (Å²) in [6.45, 7) is 6.19. The summed E-state index contributed by atoms with van der Waals surface area (Å²) in [5.41, 5.74) is 6.79. The number of rotatable bonds is 8. The zero-order valence-electron chi connectivity index (χ0n) is 12.6. The number of hydrogen-bond acceptors (Lipinski definition) is 3. The van der Waals surface area contributed by atoms with Crippen LogP contribution in [0.1, 0.15) is 32.3 Å². The van der Waals surface area contributed by atoms with E-state index in [1.165, 1.54) is 0 Å². The van der Waals surface area contributed by atoms with Crippen molar-refractivity contribution in [2.45, 2.75) is 33.2 Å². The van der Waals surface area contributed by atoms with E-state index in [0.29, 0.717) is 19.1 Å². The molecule has 0 amide bonds. The molecule has 5 nitrogen and oxygen atoms in total. The second kappa shape index (κ2) is 9.07. The Morgan fingerprint density at radius 3 is 2.70 bits per heavy atom. The number of ether oxygens (including phenoxy) is 2. The highest BCUT2D eigenvalue weighted by atomic mass is 16.5. The highest BCUT2D eigenvalue weighted by molar-refractivity contribution is 5.77. The molecule has 0 aliphatic carbocycles. The molecule has 0 unspecified atom stereocenters. The van der Waals surface area contributed by atoms with Gasteiger partial charge >= 0.3 is 0 Å². The Balaban J connectivity index is 2.67. The minimum atomic E-state index is 0.470. The lowest BCUT2D eigenvalue weighted by atomic mass is 10.2. The van der Waals surface area contributed by atoms with E-state index in [1.54, 1.807) is 7.11 Å². The van der Waals surface area contributed by atoms with Gasteiger partial charge in [-0.25, -0.2) is 4.99 Å². The third kappa shape index (κ3) is 5.38. The van der Waals surface area contributed by atoms with Crippen LogP contribution in [-0.2, 0) is 6.54 Å². The SMILES string of the molecule is CCCNC(N)=NCc1ccc(OCCC)c(OC)c1. The van der Waals surface area contributed by atoms with Crippen LogP contribution >= 0.6 is 0 Å². The molecule has 20 heavy (non-hydrogen) atoms. The van der Waals surface area contributed by atoms with Gasteiger partial charge in [0.15, 0.2) is 17.5 Å². The number of methoxy groups -OCH3 is 1. The van der Waals surface area contributed by atoms with Gasteiger partial charge < -0.3 is 20.5 Å². The highest BCUT2D eigenvalue weighted by Gasteiger charge is 2.05. The zero-order valence-corrected chi connectivity index (χ0v) is 12.6. The first kappa shape index (κ1) is 16.1. The highest BCUT2D eigenvalue weighted by Crippen LogP contribution is 2.28. The van der Waals surface area contributed by atoms with Gasteiger partial charge in [-0.05, 0) is 30.5 Å². The molecule has 112 valence electrons. The number of nitrogens with one attached hydrogen (secondary N) is 1. The first-order valence-electron chi connectivity index (χ1n) is 7.04. The summed E-state index contributed by atoms with van der Waals surface area (Å²) in [6, 6.07) is 5.82. The smallest absolute Gasteiger partial charge is 0.188 e. The largest absolute Gasteiger partial charge is 0.493 e. The summed E-state index contributed by atoms with van der Waals surface area (Å²) in [5, 5.41) is 3.04. The van der Waals surface area contributed by atoms with E-state index in [1.807, 2.05) is 18.2 Å². The van der Waals surface area contributed by atoms with Gasteiger partial charge in [0, 0.05) is 6.54 Å². The van der Waals surface area contributed by atoms with E-state index < -0.39 is 0 Å². The van der Waals surface area contributed by atoms with Gasteiger partial charge in [-0.2, -0.15) is 0 Å². The molecule has 0 radical (unpaired) electrons. The fourth-order valence-corrected chi connectivity index (χ4v) is 1.63. The van der Waals surface area contributed by atoms with Crippen molar-refractivity contribution in [1.82, 2.24) is 5.32 Å². The van der Waals surface area contributed by atoms with Gasteiger partial charge in [-0.15, -0.1) is 0 Å². The molecule has 0 saturated carbocycles. The number of aliphatic imine (C=N–C) groups is 1. The lowest BCUT2D eigenvalue weighted by molar-refractivity contribution is 0.294. The average Bonchev–Trinajstić information content (AvgIpc) is 2.49. The van der Waals surface area contributed by atoms with Crippen LogP contribution in [0.3, 0.4) is 0 Å². The van der Waals surface area contributed by atoms with Crippen molar-refractivity contribution in [3.05, 3.63) is 23.8 Å². The molecule has 1 aromatic carbocycles. The third-order valence-electron chi connectivity index (χ3n) is 2.68. The molecule has 0 saturated heterocycles. The third-order valence-corrected chi connectivity index (χ3v) is 2.68. The second-order valence-corrected chi connectivity index (χ2v) is 4.46. The summed E-state index contributed by atoms with van der Waals surface area (Å²) < 4.78 is 10.9. The van der Waals surface area contributed by atoms with E-state index >= 15 is 0 Å². The predicted molar refractivity (Wildman–Crippen MR) is 82.4 cm³/mol. The normalized spacial score (nSPS) is 11.2. The summed E-state index contributed by atoms with van der Waals surface area (Å²) in [6.07, 6.45) is 1.99. The van der Waals surface area contributed by atoms with Gasteiger partial charge in [0.25, 0.3) is 0 Å². The van der Waals surface area contributed by atoms with Crippen LogP contribution in [-0.4, -0.2) is 26.2 Å². The number of hydrogen-bond donors (Lipinski definition) is 2. The molecule has 0 spiro atoms.